The highest BCUT2D eigenvalue weighted by molar-refractivity contribution is 7.79. The SMILES string of the molecule is C=C(C(=O)OC)C(F)(F)F.C=C(C)C(=O)OC.C=CC(=O)CC.C=CC(=O)OC.C=CCOC.C=COC.CC1CO1.CC1OC1(C)C.CCCC1(C)COC1.CN1C(=O)C=CC1=O.COCC1(C)CO1.COCC1(C)COC1.COCC1CCC2OC2C1.COCC1CO1.CS. The number of fused-ring (bicyclic) bond motifs is 1. The molecule has 9 aliphatic rings. The molecular formula is C70H124F3NO22S. The number of imide groups is 1. The first-order valence-corrected chi connectivity index (χ1v) is 32.2. The second-order valence-electron chi connectivity index (χ2n) is 23.4. The van der Waals surface area contributed by atoms with Crippen LogP contribution >= 0.6 is 12.6 Å². The molecule has 0 spiro atoms. The lowest BCUT2D eigenvalue weighted by molar-refractivity contribution is -0.148. The van der Waals surface area contributed by atoms with Crippen LogP contribution in [0, 0.1) is 16.7 Å². The number of ketones is 1. The Labute approximate surface area is 584 Å². The number of nitrogens with zero attached hydrogens (tertiary/aromatic N) is 1. The smallest absolute Gasteiger partial charge is 0.422 e. The molecule has 0 bridgehead atoms. The van der Waals surface area contributed by atoms with E-state index in [4.69, 9.17) is 52.1 Å². The van der Waals surface area contributed by atoms with Gasteiger partial charge in [-0.1, -0.05) is 73.1 Å². The minimum absolute atomic E-state index is 0.0781. The average molecular weight is 1420 g/mol. The fourth-order valence-corrected chi connectivity index (χ4v) is 6.57. The maximum Gasteiger partial charge on any atom is 0.422 e. The molecule has 7 unspecified atom stereocenters. The van der Waals surface area contributed by atoms with E-state index in [-0.39, 0.29) is 34.8 Å². The van der Waals surface area contributed by atoms with E-state index in [1.54, 1.807) is 61.9 Å². The number of amides is 2. The van der Waals surface area contributed by atoms with E-state index in [2.05, 4.69) is 124 Å². The zero-order valence-electron chi connectivity index (χ0n) is 62.4. The van der Waals surface area contributed by atoms with E-state index in [9.17, 15) is 41.9 Å². The van der Waals surface area contributed by atoms with Crippen molar-refractivity contribution in [1.82, 2.24) is 4.90 Å². The molecule has 97 heavy (non-hydrogen) atoms. The number of hydrogen-bond acceptors (Lipinski definition) is 23. The topological polar surface area (TPSA) is 270 Å². The Morgan fingerprint density at radius 1 is 0.691 bits per heavy atom. The summed E-state index contributed by atoms with van der Waals surface area (Å²) in [4.78, 5) is 62.1. The predicted molar refractivity (Wildman–Crippen MR) is 373 cm³/mol. The number of alkyl halides is 3. The average Bonchev–Trinajstić information content (AvgIpc) is 1.64. The van der Waals surface area contributed by atoms with E-state index >= 15 is 0 Å². The zero-order chi connectivity index (χ0) is 76.4. The van der Waals surface area contributed by atoms with Crippen molar-refractivity contribution in [3.05, 3.63) is 87.3 Å². The largest absolute Gasteiger partial charge is 0.505 e. The molecule has 7 saturated heterocycles. The van der Waals surface area contributed by atoms with Crippen LogP contribution in [0.1, 0.15) is 108 Å². The van der Waals surface area contributed by atoms with Crippen LogP contribution in [0.15, 0.2) is 87.3 Å². The summed E-state index contributed by atoms with van der Waals surface area (Å²) in [6, 6.07) is 0. The number of halogens is 3. The van der Waals surface area contributed by atoms with Gasteiger partial charge in [-0.25, -0.2) is 14.4 Å². The molecule has 23 nitrogen and oxygen atoms in total. The van der Waals surface area contributed by atoms with E-state index in [1.165, 1.54) is 77.9 Å². The van der Waals surface area contributed by atoms with Gasteiger partial charge in [-0.2, -0.15) is 25.8 Å². The molecule has 7 atom stereocenters. The van der Waals surface area contributed by atoms with Gasteiger partial charge in [0.05, 0.1) is 137 Å². The van der Waals surface area contributed by atoms with Crippen molar-refractivity contribution in [3.8, 4) is 0 Å². The van der Waals surface area contributed by atoms with Crippen LogP contribution in [0.3, 0.4) is 0 Å². The first-order valence-electron chi connectivity index (χ1n) is 31.3. The van der Waals surface area contributed by atoms with Gasteiger partial charge in [0.1, 0.15) is 17.3 Å². The third-order valence-corrected chi connectivity index (χ3v) is 13.1. The third kappa shape index (κ3) is 64.0. The predicted octanol–water partition coefficient (Wildman–Crippen LogP) is 10.9. The Balaban J connectivity index is -0.000000231. The highest BCUT2D eigenvalue weighted by Gasteiger charge is 2.44. The van der Waals surface area contributed by atoms with Gasteiger partial charge >= 0.3 is 24.1 Å². The van der Waals surface area contributed by atoms with Crippen molar-refractivity contribution in [2.45, 2.75) is 156 Å². The maximum atomic E-state index is 11.5. The number of carbonyl (C=O) groups is 6. The van der Waals surface area contributed by atoms with Crippen molar-refractivity contribution < 1.29 is 118 Å². The highest BCUT2D eigenvalue weighted by atomic mass is 32.1. The van der Waals surface area contributed by atoms with Crippen LogP contribution in [0.5, 0.6) is 0 Å². The molecule has 27 heteroatoms. The summed E-state index contributed by atoms with van der Waals surface area (Å²) in [6.07, 6.45) is 14.8. The minimum atomic E-state index is -4.69. The number of rotatable bonds is 18. The Morgan fingerprint density at radius 2 is 1.14 bits per heavy atom. The van der Waals surface area contributed by atoms with E-state index in [0.717, 1.165) is 96.7 Å². The lowest BCUT2D eigenvalue weighted by atomic mass is 9.84. The summed E-state index contributed by atoms with van der Waals surface area (Å²) >= 11 is 3.53. The quantitative estimate of drug-likeness (QED) is 0.0195. The summed E-state index contributed by atoms with van der Waals surface area (Å²) < 4.78 is 110. The third-order valence-electron chi connectivity index (χ3n) is 13.1. The van der Waals surface area contributed by atoms with Crippen molar-refractivity contribution in [3.63, 3.8) is 0 Å². The lowest BCUT2D eigenvalue weighted by Crippen LogP contribution is -2.43. The standard InChI is InChI=1S/C8H14O2.C7H14O.C6H12O2.C5H5F3O2.C5H5NO2.C5H10O2.C5H8O2.C5H10O.C5H8O.C4H8O2.C4H6O2.C4H8O.2C3H6O.CH4S/c1-9-5-6-2-3-7-8(4-6)10-7;1-3-4-7(2)5-8-6-7;1-6(3-7-2)4-8-5-6;1-3(4(9)10-2)5(6,7)8;1-6-4(7)2-3-5(6)8;1-5(3-6-2)4-7-5;1-4(2)5(6)7-3;1-4-5(2,3)6-4;1-3-5(6)4-2;1-5-2-4-3-6-4;1-3-4(5)6-2;1-3-4-5-2;1-3-2-4-3;1-3-4-2;1-2/h6-8H,2-5H2,1H3;3-6H2,1-2H3;3-5H2,1-2H3;1H2,2H3;2-3H,1H3;3-4H2,1-2H3;1H2,2-3H3;4H,1-3H3;3H,1,4H2,2H3;4H,2-3H2,1H3;3H,1H2,2H3;3H,1,4H2,2H3;3H,2H2,1H3;3H,1H2,2H3;2H,1H3. The van der Waals surface area contributed by atoms with Crippen LogP contribution in [0.25, 0.3) is 0 Å². The molecule has 0 aromatic carbocycles. The van der Waals surface area contributed by atoms with Gasteiger partial charge in [-0.05, 0) is 85.5 Å². The second kappa shape index (κ2) is 60.8. The van der Waals surface area contributed by atoms with Crippen LogP contribution in [-0.2, 0) is 105 Å². The molecule has 0 N–H and O–H groups in total. The molecular weight excluding hydrogens is 1300 g/mol. The van der Waals surface area contributed by atoms with Gasteiger partial charge < -0.3 is 75.8 Å². The van der Waals surface area contributed by atoms with Crippen molar-refractivity contribution >= 4 is 48.1 Å². The number of epoxide rings is 5. The van der Waals surface area contributed by atoms with Gasteiger partial charge in [-0.3, -0.25) is 19.3 Å². The van der Waals surface area contributed by atoms with Crippen LogP contribution in [0.4, 0.5) is 13.2 Å². The van der Waals surface area contributed by atoms with E-state index in [1.807, 2.05) is 13.8 Å². The van der Waals surface area contributed by atoms with Crippen molar-refractivity contribution in [1.29, 1.82) is 0 Å². The maximum absolute atomic E-state index is 11.5. The number of hydrogen-bond donors (Lipinski definition) is 1. The van der Waals surface area contributed by atoms with Crippen LogP contribution in [0.2, 0.25) is 0 Å². The molecule has 2 amide bonds. The first-order chi connectivity index (χ1) is 45.4. The molecule has 1 saturated carbocycles. The number of esters is 3. The Bertz CT molecular complexity index is 2130. The summed E-state index contributed by atoms with van der Waals surface area (Å²) in [5.41, 5.74) is 0.107. The summed E-state index contributed by atoms with van der Waals surface area (Å²) in [5, 5.41) is 0. The second-order valence-corrected chi connectivity index (χ2v) is 23.4. The lowest BCUT2D eigenvalue weighted by Gasteiger charge is -2.37. The molecule has 8 heterocycles. The molecule has 9 rings (SSSR count). The van der Waals surface area contributed by atoms with E-state index < -0.39 is 23.7 Å². The molecule has 8 fully saturated rings. The van der Waals surface area contributed by atoms with Crippen LogP contribution < -0.4 is 0 Å². The first kappa shape index (κ1) is 103. The fraction of sp³-hybridized carbons (Fsp3) is 0.714. The van der Waals surface area contributed by atoms with Gasteiger partial charge in [0.25, 0.3) is 11.8 Å². The normalized spacial score (nSPS) is 22.2. The van der Waals surface area contributed by atoms with Crippen molar-refractivity contribution in [2.24, 2.45) is 16.7 Å². The Morgan fingerprint density at radius 3 is 1.28 bits per heavy atom. The van der Waals surface area contributed by atoms with Gasteiger partial charge in [-0.15, -0.1) is 6.58 Å². The molecule has 8 aliphatic heterocycles. The number of carbonyl (C=O) groups excluding carboxylic acids is 6. The summed E-state index contributed by atoms with van der Waals surface area (Å²) in [5.74, 6) is -1.80. The minimum Gasteiger partial charge on any atom is -0.505 e. The molecule has 0 aromatic rings. The zero-order valence-corrected chi connectivity index (χ0v) is 63.3. The van der Waals surface area contributed by atoms with E-state index in [0.29, 0.717) is 60.0 Å². The number of thiol groups is 1. The molecule has 568 valence electrons. The number of methoxy groups -OCH3 is 9. The monoisotopic (exact) mass is 1420 g/mol. The van der Waals surface area contributed by atoms with Gasteiger partial charge in [0.2, 0.25) is 0 Å². The number of likely N-dealkylation sites (N-methyl/N-ethyl adjacent to an activating group) is 1. The number of allylic oxidation sites excluding steroid dienone is 1. The number of ether oxygens (including phenoxy) is 16. The Hall–Kier alpha value is -5.14. The highest BCUT2D eigenvalue weighted by Crippen LogP contribution is 2.39. The fourth-order valence-electron chi connectivity index (χ4n) is 6.57. The van der Waals surface area contributed by atoms with Crippen LogP contribution in [-0.4, -0.2) is 245 Å². The summed E-state index contributed by atoms with van der Waals surface area (Å²) in [7, 11) is 15.0. The van der Waals surface area contributed by atoms with Gasteiger partial charge in [0.15, 0.2) is 5.78 Å². The summed E-state index contributed by atoms with van der Waals surface area (Å²) in [6.45, 7) is 49.8. The molecule has 1 aliphatic carbocycles. The van der Waals surface area contributed by atoms with Crippen molar-refractivity contribution in [2.75, 3.05) is 157 Å². The Kier molecular flexibility index (Phi) is 64.5. The molecule has 0 radical (unpaired) electrons. The molecule has 0 aromatic heterocycles. The van der Waals surface area contributed by atoms with Gasteiger partial charge in [0, 0.05) is 90.3 Å².